The number of fused-ring (bicyclic) bond motifs is 1. The Labute approximate surface area is 213 Å². The van der Waals surface area contributed by atoms with Gasteiger partial charge in [0, 0.05) is 5.02 Å². The highest BCUT2D eigenvalue weighted by Crippen LogP contribution is 2.28. The van der Waals surface area contributed by atoms with Crippen molar-refractivity contribution < 1.29 is 19.1 Å². The number of benzene rings is 3. The van der Waals surface area contributed by atoms with Crippen LogP contribution in [0.5, 0.6) is 5.75 Å². The van der Waals surface area contributed by atoms with Gasteiger partial charge in [-0.3, -0.25) is 15.0 Å². The smallest absolute Gasteiger partial charge is 0.340 e. The Bertz CT molecular complexity index is 1490. The first-order chi connectivity index (χ1) is 16.8. The molecule has 0 radical (unpaired) electrons. The molecule has 1 N–H and O–H groups in total. The van der Waals surface area contributed by atoms with Crippen molar-refractivity contribution in [2.45, 2.75) is 6.61 Å². The van der Waals surface area contributed by atoms with Gasteiger partial charge in [0.05, 0.1) is 26.5 Å². The lowest BCUT2D eigenvalue weighted by atomic mass is 10.2. The number of amides is 1. The number of hydrogen-bond donors (Lipinski definition) is 1. The lowest BCUT2D eigenvalue weighted by Gasteiger charge is -2.15. The molecule has 0 atom stereocenters. The van der Waals surface area contributed by atoms with Gasteiger partial charge in [-0.25, -0.2) is 9.78 Å². The van der Waals surface area contributed by atoms with Gasteiger partial charge in [-0.05, 0) is 42.5 Å². The van der Waals surface area contributed by atoms with Gasteiger partial charge in [-0.1, -0.05) is 59.1 Å². The minimum Gasteiger partial charge on any atom is -0.484 e. The van der Waals surface area contributed by atoms with Crippen molar-refractivity contribution in [3.63, 3.8) is 0 Å². The number of hydrogen-bond acceptors (Lipinski definition) is 6. The molecule has 0 bridgehead atoms. The fourth-order valence-electron chi connectivity index (χ4n) is 3.12. The van der Waals surface area contributed by atoms with Crippen LogP contribution in [0.3, 0.4) is 0 Å². The van der Waals surface area contributed by atoms with E-state index in [0.717, 1.165) is 4.68 Å². The van der Waals surface area contributed by atoms with Crippen LogP contribution in [0.4, 0.5) is 0 Å². The summed E-state index contributed by atoms with van der Waals surface area (Å²) in [7, 11) is 0. The highest BCUT2D eigenvalue weighted by Gasteiger charge is 2.17. The van der Waals surface area contributed by atoms with E-state index in [-0.39, 0.29) is 33.4 Å². The van der Waals surface area contributed by atoms with Gasteiger partial charge in [-0.2, -0.15) is 4.68 Å². The van der Waals surface area contributed by atoms with Crippen LogP contribution in [-0.2, 0) is 16.1 Å². The highest BCUT2D eigenvalue weighted by atomic mass is 35.5. The Balaban J connectivity index is 1.56. The average molecular weight is 533 g/mol. The molecule has 35 heavy (non-hydrogen) atoms. The maximum absolute atomic E-state index is 13.1. The Morgan fingerprint density at radius 1 is 0.943 bits per heavy atom. The summed E-state index contributed by atoms with van der Waals surface area (Å²) in [5.41, 5.74) is 2.39. The molecule has 4 aromatic rings. The molecule has 0 aliphatic heterocycles. The van der Waals surface area contributed by atoms with Crippen LogP contribution in [0.2, 0.25) is 15.1 Å². The van der Waals surface area contributed by atoms with E-state index in [2.05, 4.69) is 10.4 Å². The second kappa shape index (κ2) is 10.8. The van der Waals surface area contributed by atoms with Crippen molar-refractivity contribution in [3.05, 3.63) is 104 Å². The van der Waals surface area contributed by atoms with Crippen molar-refractivity contribution in [2.75, 3.05) is 12.0 Å². The van der Waals surface area contributed by atoms with Gasteiger partial charge in [0.15, 0.2) is 12.4 Å². The number of esters is 1. The summed E-state index contributed by atoms with van der Waals surface area (Å²) < 4.78 is 11.7. The number of carbonyl (C=O) groups excluding carboxylic acids is 2. The zero-order valence-electron chi connectivity index (χ0n) is 17.8. The number of carbonyl (C=O) groups is 2. The summed E-state index contributed by atoms with van der Waals surface area (Å²) in [6, 6.07) is 17.6. The largest absolute Gasteiger partial charge is 0.484 e. The lowest BCUT2D eigenvalue weighted by Crippen LogP contribution is -2.38. The van der Waals surface area contributed by atoms with Gasteiger partial charge in [-0.15, -0.1) is 0 Å². The molecule has 1 heterocycles. The predicted octanol–water partition coefficient (Wildman–Crippen LogP) is 4.86. The van der Waals surface area contributed by atoms with E-state index >= 15 is 0 Å². The van der Waals surface area contributed by atoms with Crippen LogP contribution >= 0.6 is 34.8 Å². The zero-order chi connectivity index (χ0) is 24.9. The van der Waals surface area contributed by atoms with Gasteiger partial charge < -0.3 is 9.47 Å². The number of ether oxygens (including phenoxy) is 2. The molecule has 0 unspecified atom stereocenters. The van der Waals surface area contributed by atoms with Crippen LogP contribution in [0.1, 0.15) is 16.2 Å². The van der Waals surface area contributed by atoms with Crippen molar-refractivity contribution in [2.24, 2.45) is 0 Å². The second-order valence-electron chi connectivity index (χ2n) is 7.14. The quantitative estimate of drug-likeness (QED) is 0.341. The molecule has 178 valence electrons. The topological polar surface area (TPSA) is 99.5 Å². The summed E-state index contributed by atoms with van der Waals surface area (Å²) >= 11 is 18.0. The Morgan fingerprint density at radius 3 is 2.46 bits per heavy atom. The van der Waals surface area contributed by atoms with Gasteiger partial charge in [0.2, 0.25) is 0 Å². The van der Waals surface area contributed by atoms with E-state index in [9.17, 15) is 14.4 Å². The molecule has 0 aliphatic carbocycles. The van der Waals surface area contributed by atoms with E-state index in [4.69, 9.17) is 44.3 Å². The highest BCUT2D eigenvalue weighted by molar-refractivity contribution is 6.35. The molecular formula is C24H16Cl3N3O5. The molecule has 0 aliphatic rings. The second-order valence-corrected chi connectivity index (χ2v) is 8.39. The summed E-state index contributed by atoms with van der Waals surface area (Å²) in [6.45, 7) is -0.867. The minimum atomic E-state index is -0.782. The van der Waals surface area contributed by atoms with E-state index in [1.807, 2.05) is 0 Å². The maximum Gasteiger partial charge on any atom is 0.340 e. The molecule has 3 aromatic carbocycles. The standard InChI is InChI=1S/C24H16Cl3N3O5/c25-14-9-10-20(18(27)11-14)34-12-21-28-19-8-4-2-6-16(19)23(32)30(21)29-22(31)13-35-24(33)15-5-1-3-7-17(15)26/h1-11H,12-13H2,(H,29,31). The van der Waals surface area contributed by atoms with Crippen LogP contribution in [0, 0.1) is 0 Å². The molecule has 1 amide bonds. The molecule has 0 saturated carbocycles. The minimum absolute atomic E-state index is 0.0884. The molecule has 0 fully saturated rings. The number of aromatic nitrogens is 2. The molecule has 0 saturated heterocycles. The number of halogens is 3. The average Bonchev–Trinajstić information content (AvgIpc) is 2.84. The molecular weight excluding hydrogens is 517 g/mol. The van der Waals surface area contributed by atoms with Gasteiger partial charge in [0.1, 0.15) is 12.4 Å². The summed E-state index contributed by atoms with van der Waals surface area (Å²) in [6.07, 6.45) is 0. The first kappa shape index (κ1) is 24.5. The fourth-order valence-corrected chi connectivity index (χ4v) is 3.79. The van der Waals surface area contributed by atoms with Crippen LogP contribution in [0.15, 0.2) is 71.5 Å². The molecule has 1 aromatic heterocycles. The van der Waals surface area contributed by atoms with Crippen LogP contribution < -0.4 is 15.7 Å². The van der Waals surface area contributed by atoms with E-state index in [1.165, 1.54) is 18.2 Å². The Hall–Kier alpha value is -3.59. The third-order valence-corrected chi connectivity index (χ3v) is 5.62. The maximum atomic E-state index is 13.1. The SMILES string of the molecule is O=C(COC(=O)c1ccccc1Cl)Nn1c(COc2ccc(Cl)cc2Cl)nc2ccccc2c1=O. The van der Waals surface area contributed by atoms with E-state index in [0.29, 0.717) is 16.3 Å². The predicted molar refractivity (Wildman–Crippen MR) is 133 cm³/mol. The van der Waals surface area contributed by atoms with E-state index in [1.54, 1.807) is 48.5 Å². The molecule has 8 nitrogen and oxygen atoms in total. The van der Waals surface area contributed by atoms with Crippen molar-refractivity contribution in [3.8, 4) is 5.75 Å². The first-order valence-corrected chi connectivity index (χ1v) is 11.3. The van der Waals surface area contributed by atoms with Gasteiger partial charge in [0.25, 0.3) is 11.5 Å². The van der Waals surface area contributed by atoms with E-state index < -0.39 is 24.0 Å². The Morgan fingerprint density at radius 2 is 1.69 bits per heavy atom. The van der Waals surface area contributed by atoms with Crippen molar-refractivity contribution in [1.29, 1.82) is 0 Å². The monoisotopic (exact) mass is 531 g/mol. The summed E-state index contributed by atoms with van der Waals surface area (Å²) in [4.78, 5) is 42.3. The first-order valence-electron chi connectivity index (χ1n) is 10.1. The molecule has 0 spiro atoms. The molecule has 11 heteroatoms. The van der Waals surface area contributed by atoms with Crippen molar-refractivity contribution >= 4 is 57.6 Å². The summed E-state index contributed by atoms with van der Waals surface area (Å²) in [5, 5.41) is 1.16. The van der Waals surface area contributed by atoms with Gasteiger partial charge >= 0.3 is 5.97 Å². The number of rotatable bonds is 7. The zero-order valence-corrected chi connectivity index (χ0v) is 20.1. The Kier molecular flexibility index (Phi) is 7.55. The number of para-hydroxylation sites is 1. The van der Waals surface area contributed by atoms with Crippen LogP contribution in [-0.4, -0.2) is 28.1 Å². The number of nitrogens with zero attached hydrogens (tertiary/aromatic N) is 2. The summed E-state index contributed by atoms with van der Waals surface area (Å²) in [5.74, 6) is -1.15. The lowest BCUT2D eigenvalue weighted by molar-refractivity contribution is -0.120. The normalized spacial score (nSPS) is 10.7. The fraction of sp³-hybridized carbons (Fsp3) is 0.0833. The third kappa shape index (κ3) is 5.74. The van der Waals surface area contributed by atoms with Crippen LogP contribution in [0.25, 0.3) is 10.9 Å². The number of nitrogens with one attached hydrogen (secondary N) is 1. The molecule has 4 rings (SSSR count). The third-order valence-electron chi connectivity index (χ3n) is 4.76. The van der Waals surface area contributed by atoms with Crippen molar-refractivity contribution in [1.82, 2.24) is 9.66 Å².